The third-order valence-corrected chi connectivity index (χ3v) is 3.02. The van der Waals surface area contributed by atoms with Crippen LogP contribution in [0.1, 0.15) is 17.4 Å². The Balaban J connectivity index is 2.57. The lowest BCUT2D eigenvalue weighted by molar-refractivity contribution is 0.0797. The molecule has 1 aromatic carbocycles. The fraction of sp³-hybridized carbons (Fsp3) is 0.286. The molecule has 0 unspecified atom stereocenters. The van der Waals surface area contributed by atoms with E-state index < -0.39 is 0 Å². The van der Waals surface area contributed by atoms with Crippen LogP contribution in [-0.4, -0.2) is 36.4 Å². The van der Waals surface area contributed by atoms with Crippen molar-refractivity contribution in [3.63, 3.8) is 0 Å². The van der Waals surface area contributed by atoms with E-state index in [4.69, 9.17) is 0 Å². The molecule has 0 aliphatic carbocycles. The maximum Gasteiger partial charge on any atom is 0.272 e. The molecule has 1 N–H and O–H groups in total. The Bertz CT molecular complexity index is 580. The summed E-state index contributed by atoms with van der Waals surface area (Å²) in [7, 11) is 3.59. The first-order valence-corrected chi connectivity index (χ1v) is 6.00. The van der Waals surface area contributed by atoms with Crippen LogP contribution in [0.25, 0.3) is 10.8 Å². The van der Waals surface area contributed by atoms with Crippen molar-refractivity contribution in [3.05, 3.63) is 36.0 Å². The van der Waals surface area contributed by atoms with Crippen molar-refractivity contribution in [2.45, 2.75) is 6.92 Å². The number of rotatable bonds is 3. The molecule has 0 spiro atoms. The van der Waals surface area contributed by atoms with Crippen LogP contribution in [0.4, 0.5) is 5.82 Å². The highest BCUT2D eigenvalue weighted by molar-refractivity contribution is 6.00. The number of hydrogen-bond acceptors (Lipinski definition) is 3. The topological polar surface area (TPSA) is 45.2 Å². The molecule has 4 nitrogen and oxygen atoms in total. The first-order chi connectivity index (χ1) is 8.67. The Kier molecular flexibility index (Phi) is 3.46. The molecule has 1 aromatic heterocycles. The van der Waals surface area contributed by atoms with Gasteiger partial charge in [-0.1, -0.05) is 24.3 Å². The number of nitrogens with zero attached hydrogens (tertiary/aromatic N) is 2. The van der Waals surface area contributed by atoms with E-state index in [2.05, 4.69) is 10.3 Å². The normalized spacial score (nSPS) is 10.4. The molecular weight excluding hydrogens is 226 g/mol. The van der Waals surface area contributed by atoms with Crippen molar-refractivity contribution in [3.8, 4) is 0 Å². The van der Waals surface area contributed by atoms with Crippen LogP contribution < -0.4 is 5.32 Å². The summed E-state index contributed by atoms with van der Waals surface area (Å²) < 4.78 is 0. The molecule has 18 heavy (non-hydrogen) atoms. The van der Waals surface area contributed by atoms with Crippen LogP contribution in [-0.2, 0) is 0 Å². The molecule has 0 atom stereocenters. The van der Waals surface area contributed by atoms with Crippen LogP contribution >= 0.6 is 0 Å². The predicted molar refractivity (Wildman–Crippen MR) is 73.9 cm³/mol. The number of nitrogens with one attached hydrogen (secondary N) is 1. The Labute approximate surface area is 107 Å². The number of fused-ring (bicyclic) bond motifs is 1. The molecule has 0 fully saturated rings. The molecule has 0 aliphatic rings. The lowest BCUT2D eigenvalue weighted by atomic mass is 10.1. The molecule has 1 amide bonds. The minimum atomic E-state index is -0.0558. The van der Waals surface area contributed by atoms with E-state index in [0.717, 1.165) is 16.6 Å². The lowest BCUT2D eigenvalue weighted by Crippen LogP contribution is -2.27. The van der Waals surface area contributed by atoms with Gasteiger partial charge in [0.25, 0.3) is 5.91 Å². The van der Waals surface area contributed by atoms with Gasteiger partial charge in [-0.2, -0.15) is 0 Å². The smallest absolute Gasteiger partial charge is 0.272 e. The monoisotopic (exact) mass is 243 g/mol. The van der Waals surface area contributed by atoms with Gasteiger partial charge in [0.2, 0.25) is 0 Å². The van der Waals surface area contributed by atoms with E-state index >= 15 is 0 Å². The van der Waals surface area contributed by atoms with Gasteiger partial charge in [-0.3, -0.25) is 4.79 Å². The summed E-state index contributed by atoms with van der Waals surface area (Å²) in [5.74, 6) is 0.681. The number of hydrogen-bond donors (Lipinski definition) is 1. The molecule has 2 rings (SSSR count). The first-order valence-electron chi connectivity index (χ1n) is 6.00. The minimum Gasteiger partial charge on any atom is -0.373 e. The van der Waals surface area contributed by atoms with Crippen LogP contribution in [0.5, 0.6) is 0 Å². The summed E-state index contributed by atoms with van der Waals surface area (Å²) in [5, 5.41) is 5.08. The molecule has 2 aromatic rings. The van der Waals surface area contributed by atoms with Crippen LogP contribution in [0, 0.1) is 0 Å². The molecule has 0 saturated carbocycles. The first kappa shape index (κ1) is 12.4. The van der Waals surface area contributed by atoms with Gasteiger partial charge in [-0.25, -0.2) is 4.98 Å². The lowest BCUT2D eigenvalue weighted by Gasteiger charge is -2.15. The van der Waals surface area contributed by atoms with Crippen molar-refractivity contribution in [1.29, 1.82) is 0 Å². The van der Waals surface area contributed by atoms with Gasteiger partial charge in [0.05, 0.1) is 0 Å². The number of anilines is 1. The molecular formula is C14H17N3O. The average Bonchev–Trinajstić information content (AvgIpc) is 2.44. The molecule has 0 saturated heterocycles. The molecule has 0 bridgehead atoms. The van der Waals surface area contributed by atoms with Crippen molar-refractivity contribution < 1.29 is 4.79 Å². The number of pyridine rings is 1. The standard InChI is InChI=1S/C14H17N3O/c1-4-17(3)14(18)12-9-10-7-5-6-8-11(10)13(15-2)16-12/h5-9H,4H2,1-3H3,(H,15,16). The van der Waals surface area contributed by atoms with E-state index in [1.165, 1.54) is 0 Å². The maximum atomic E-state index is 12.1. The molecule has 4 heteroatoms. The van der Waals surface area contributed by atoms with Gasteiger partial charge in [0, 0.05) is 26.0 Å². The Hall–Kier alpha value is -2.10. The second kappa shape index (κ2) is 5.04. The predicted octanol–water partition coefficient (Wildman–Crippen LogP) is 2.37. The third-order valence-electron chi connectivity index (χ3n) is 3.02. The van der Waals surface area contributed by atoms with Crippen molar-refractivity contribution in [2.24, 2.45) is 0 Å². The van der Waals surface area contributed by atoms with Gasteiger partial charge in [-0.05, 0) is 18.4 Å². The molecule has 0 radical (unpaired) electrons. The highest BCUT2D eigenvalue weighted by Gasteiger charge is 2.14. The summed E-state index contributed by atoms with van der Waals surface area (Å²) in [5.41, 5.74) is 0.474. The highest BCUT2D eigenvalue weighted by atomic mass is 16.2. The van der Waals surface area contributed by atoms with Crippen LogP contribution in [0.3, 0.4) is 0 Å². The minimum absolute atomic E-state index is 0.0558. The van der Waals surface area contributed by atoms with Crippen LogP contribution in [0.15, 0.2) is 30.3 Å². The van der Waals surface area contributed by atoms with E-state index in [1.54, 1.807) is 11.9 Å². The number of amides is 1. The van der Waals surface area contributed by atoms with Gasteiger partial charge < -0.3 is 10.2 Å². The second-order valence-electron chi connectivity index (χ2n) is 4.15. The largest absolute Gasteiger partial charge is 0.373 e. The third kappa shape index (κ3) is 2.14. The summed E-state index contributed by atoms with van der Waals surface area (Å²) >= 11 is 0. The summed E-state index contributed by atoms with van der Waals surface area (Å²) in [6, 6.07) is 9.74. The number of benzene rings is 1. The fourth-order valence-electron chi connectivity index (χ4n) is 1.84. The van der Waals surface area contributed by atoms with E-state index in [1.807, 2.05) is 44.3 Å². The Morgan fingerprint density at radius 3 is 2.78 bits per heavy atom. The Morgan fingerprint density at radius 2 is 2.11 bits per heavy atom. The van der Waals surface area contributed by atoms with E-state index in [-0.39, 0.29) is 5.91 Å². The van der Waals surface area contributed by atoms with Gasteiger partial charge in [0.1, 0.15) is 11.5 Å². The SMILES string of the molecule is CCN(C)C(=O)c1cc2ccccc2c(NC)n1. The number of aromatic nitrogens is 1. The summed E-state index contributed by atoms with van der Waals surface area (Å²) in [4.78, 5) is 18.2. The molecule has 94 valence electrons. The number of carbonyl (C=O) groups is 1. The average molecular weight is 243 g/mol. The number of carbonyl (C=O) groups excluding carboxylic acids is 1. The second-order valence-corrected chi connectivity index (χ2v) is 4.15. The highest BCUT2D eigenvalue weighted by Crippen LogP contribution is 2.22. The van der Waals surface area contributed by atoms with E-state index in [9.17, 15) is 4.79 Å². The van der Waals surface area contributed by atoms with Crippen molar-refractivity contribution in [1.82, 2.24) is 9.88 Å². The zero-order valence-electron chi connectivity index (χ0n) is 10.9. The fourth-order valence-corrected chi connectivity index (χ4v) is 1.84. The van der Waals surface area contributed by atoms with Gasteiger partial charge >= 0.3 is 0 Å². The van der Waals surface area contributed by atoms with Crippen molar-refractivity contribution >= 4 is 22.5 Å². The van der Waals surface area contributed by atoms with Crippen LogP contribution in [0.2, 0.25) is 0 Å². The zero-order valence-corrected chi connectivity index (χ0v) is 10.9. The van der Waals surface area contributed by atoms with Gasteiger partial charge in [-0.15, -0.1) is 0 Å². The summed E-state index contributed by atoms with van der Waals surface area (Å²) in [6.45, 7) is 2.61. The van der Waals surface area contributed by atoms with Crippen molar-refractivity contribution in [2.75, 3.05) is 26.0 Å². The quantitative estimate of drug-likeness (QED) is 0.900. The summed E-state index contributed by atoms with van der Waals surface area (Å²) in [6.07, 6.45) is 0. The molecule has 0 aliphatic heterocycles. The Morgan fingerprint density at radius 1 is 1.39 bits per heavy atom. The van der Waals surface area contributed by atoms with Gasteiger partial charge in [0.15, 0.2) is 0 Å². The zero-order chi connectivity index (χ0) is 13.1. The molecule has 1 heterocycles. The maximum absolute atomic E-state index is 12.1. The van der Waals surface area contributed by atoms with E-state index in [0.29, 0.717) is 12.2 Å².